The van der Waals surface area contributed by atoms with Gasteiger partial charge in [0.15, 0.2) is 0 Å². The van der Waals surface area contributed by atoms with Crippen LogP contribution in [0.4, 0.5) is 10.1 Å². The Hall–Kier alpha value is -1.87. The molecule has 0 aliphatic carbocycles. The first kappa shape index (κ1) is 15.0. The van der Waals surface area contributed by atoms with Gasteiger partial charge in [0.2, 0.25) is 0 Å². The summed E-state index contributed by atoms with van der Waals surface area (Å²) in [5.74, 6) is -0.0859. The number of hydrogen-bond donors (Lipinski definition) is 0. The van der Waals surface area contributed by atoms with Crippen LogP contribution >= 0.6 is 0 Å². The highest BCUT2D eigenvalue weighted by atomic mass is 19.1. The zero-order valence-electron chi connectivity index (χ0n) is 13.1. The van der Waals surface area contributed by atoms with Gasteiger partial charge in [0, 0.05) is 37.9 Å². The molecule has 1 heterocycles. The van der Waals surface area contributed by atoms with E-state index in [0.29, 0.717) is 6.04 Å². The lowest BCUT2D eigenvalue weighted by Crippen LogP contribution is -2.50. The van der Waals surface area contributed by atoms with E-state index in [1.807, 2.05) is 12.1 Å². The molecule has 3 rings (SSSR count). The Morgan fingerprint density at radius 1 is 0.909 bits per heavy atom. The molecular formula is C19H23FN2. The molecule has 2 aromatic carbocycles. The second kappa shape index (κ2) is 6.93. The Morgan fingerprint density at radius 3 is 2.23 bits per heavy atom. The van der Waals surface area contributed by atoms with Gasteiger partial charge >= 0.3 is 0 Å². The number of anilines is 1. The van der Waals surface area contributed by atoms with E-state index in [1.54, 1.807) is 12.1 Å². The van der Waals surface area contributed by atoms with Crippen LogP contribution in [-0.2, 0) is 6.42 Å². The van der Waals surface area contributed by atoms with Gasteiger partial charge in [-0.1, -0.05) is 36.4 Å². The third-order valence-corrected chi connectivity index (χ3v) is 4.53. The van der Waals surface area contributed by atoms with Gasteiger partial charge in [0.05, 0.1) is 0 Å². The molecule has 1 fully saturated rings. The minimum absolute atomic E-state index is 0.0859. The zero-order valence-corrected chi connectivity index (χ0v) is 13.1. The second-order valence-electron chi connectivity index (χ2n) is 6.00. The van der Waals surface area contributed by atoms with Crippen molar-refractivity contribution in [3.05, 3.63) is 66.0 Å². The summed E-state index contributed by atoms with van der Waals surface area (Å²) in [5, 5.41) is 0. The maximum absolute atomic E-state index is 13.8. The van der Waals surface area contributed by atoms with Gasteiger partial charge in [-0.05, 0) is 37.1 Å². The summed E-state index contributed by atoms with van der Waals surface area (Å²) in [7, 11) is 0. The van der Waals surface area contributed by atoms with Crippen molar-refractivity contribution >= 4 is 5.69 Å². The van der Waals surface area contributed by atoms with E-state index in [-0.39, 0.29) is 5.82 Å². The van der Waals surface area contributed by atoms with Crippen molar-refractivity contribution in [2.45, 2.75) is 19.4 Å². The van der Waals surface area contributed by atoms with Crippen molar-refractivity contribution in [3.63, 3.8) is 0 Å². The highest BCUT2D eigenvalue weighted by Gasteiger charge is 2.21. The van der Waals surface area contributed by atoms with E-state index in [9.17, 15) is 4.39 Å². The number of halogens is 1. The van der Waals surface area contributed by atoms with Crippen molar-refractivity contribution in [2.75, 3.05) is 31.1 Å². The summed E-state index contributed by atoms with van der Waals surface area (Å²) in [6.07, 6.45) is 0.776. The minimum Gasteiger partial charge on any atom is -0.369 e. The molecule has 22 heavy (non-hydrogen) atoms. The van der Waals surface area contributed by atoms with Crippen LogP contribution in [-0.4, -0.2) is 37.1 Å². The molecular weight excluding hydrogens is 275 g/mol. The first-order chi connectivity index (χ1) is 10.7. The average molecular weight is 298 g/mol. The number of hydrogen-bond acceptors (Lipinski definition) is 2. The highest BCUT2D eigenvalue weighted by molar-refractivity contribution is 5.46. The van der Waals surface area contributed by atoms with Crippen LogP contribution in [0.3, 0.4) is 0 Å². The number of benzene rings is 2. The molecule has 0 saturated carbocycles. The first-order valence-corrected chi connectivity index (χ1v) is 8.01. The number of para-hydroxylation sites is 1. The number of piperazine rings is 1. The molecule has 3 heteroatoms. The quantitative estimate of drug-likeness (QED) is 0.851. The standard InChI is InChI=1S/C19H23FN2/c1-16(15-17-7-5-6-10-19(17)20)21-11-13-22(14-12-21)18-8-3-2-4-9-18/h2-10,16H,11-15H2,1H3/t16-/m0/s1. The SMILES string of the molecule is C[C@@H](Cc1ccccc1F)N1CCN(c2ccccc2)CC1. The third kappa shape index (κ3) is 3.47. The van der Waals surface area contributed by atoms with Crippen molar-refractivity contribution in [3.8, 4) is 0 Å². The summed E-state index contributed by atoms with van der Waals surface area (Å²) in [6, 6.07) is 18.0. The average Bonchev–Trinajstić information content (AvgIpc) is 2.58. The van der Waals surface area contributed by atoms with E-state index in [1.165, 1.54) is 5.69 Å². The van der Waals surface area contributed by atoms with Gasteiger partial charge in [-0.3, -0.25) is 4.90 Å². The smallest absolute Gasteiger partial charge is 0.126 e. The zero-order chi connectivity index (χ0) is 15.4. The van der Waals surface area contributed by atoms with Crippen LogP contribution in [0, 0.1) is 5.82 Å². The summed E-state index contributed by atoms with van der Waals surface area (Å²) in [6.45, 7) is 6.33. The van der Waals surface area contributed by atoms with E-state index >= 15 is 0 Å². The van der Waals surface area contributed by atoms with Crippen molar-refractivity contribution < 1.29 is 4.39 Å². The van der Waals surface area contributed by atoms with Gasteiger partial charge < -0.3 is 4.90 Å². The highest BCUT2D eigenvalue weighted by Crippen LogP contribution is 2.18. The third-order valence-electron chi connectivity index (χ3n) is 4.53. The normalized spacial score (nSPS) is 17.5. The monoisotopic (exact) mass is 298 g/mol. The molecule has 1 aliphatic heterocycles. The van der Waals surface area contributed by atoms with Crippen molar-refractivity contribution in [1.29, 1.82) is 0 Å². The Bertz CT molecular complexity index is 591. The Kier molecular flexibility index (Phi) is 4.74. The predicted molar refractivity (Wildman–Crippen MR) is 89.8 cm³/mol. The maximum atomic E-state index is 13.8. The van der Waals surface area contributed by atoms with Gasteiger partial charge in [-0.15, -0.1) is 0 Å². The molecule has 2 nitrogen and oxygen atoms in total. The van der Waals surface area contributed by atoms with Gasteiger partial charge in [-0.2, -0.15) is 0 Å². The molecule has 0 aromatic heterocycles. The minimum atomic E-state index is -0.0859. The van der Waals surface area contributed by atoms with Crippen molar-refractivity contribution in [1.82, 2.24) is 4.90 Å². The molecule has 0 bridgehead atoms. The molecule has 0 N–H and O–H groups in total. The van der Waals surface area contributed by atoms with E-state index < -0.39 is 0 Å². The first-order valence-electron chi connectivity index (χ1n) is 8.01. The fourth-order valence-corrected chi connectivity index (χ4v) is 3.17. The van der Waals surface area contributed by atoms with Crippen LogP contribution < -0.4 is 4.90 Å². The molecule has 1 atom stereocenters. The molecule has 0 amide bonds. The Balaban J connectivity index is 1.56. The fraction of sp³-hybridized carbons (Fsp3) is 0.368. The summed E-state index contributed by atoms with van der Waals surface area (Å²) < 4.78 is 13.8. The number of rotatable bonds is 4. The molecule has 1 saturated heterocycles. The van der Waals surface area contributed by atoms with Crippen LogP contribution in [0.25, 0.3) is 0 Å². The second-order valence-corrected chi connectivity index (χ2v) is 6.00. The Labute approximate surface area is 132 Å². The van der Waals surface area contributed by atoms with E-state index in [0.717, 1.165) is 38.2 Å². The molecule has 116 valence electrons. The molecule has 2 aromatic rings. The molecule has 0 unspecified atom stereocenters. The van der Waals surface area contributed by atoms with Crippen molar-refractivity contribution in [2.24, 2.45) is 0 Å². The lowest BCUT2D eigenvalue weighted by atomic mass is 10.0. The topological polar surface area (TPSA) is 6.48 Å². The summed E-state index contributed by atoms with van der Waals surface area (Å²) >= 11 is 0. The van der Waals surface area contributed by atoms with E-state index in [4.69, 9.17) is 0 Å². The van der Waals surface area contributed by atoms with Gasteiger partial charge in [-0.25, -0.2) is 4.39 Å². The largest absolute Gasteiger partial charge is 0.369 e. The summed E-state index contributed by atoms with van der Waals surface area (Å²) in [5.41, 5.74) is 2.12. The lowest BCUT2D eigenvalue weighted by molar-refractivity contribution is 0.195. The van der Waals surface area contributed by atoms with Crippen LogP contribution in [0.15, 0.2) is 54.6 Å². The number of nitrogens with zero attached hydrogens (tertiary/aromatic N) is 2. The fourth-order valence-electron chi connectivity index (χ4n) is 3.17. The molecule has 0 spiro atoms. The van der Waals surface area contributed by atoms with Crippen LogP contribution in [0.5, 0.6) is 0 Å². The van der Waals surface area contributed by atoms with Gasteiger partial charge in [0.25, 0.3) is 0 Å². The maximum Gasteiger partial charge on any atom is 0.126 e. The summed E-state index contributed by atoms with van der Waals surface area (Å²) in [4.78, 5) is 4.89. The Morgan fingerprint density at radius 2 is 1.55 bits per heavy atom. The predicted octanol–water partition coefficient (Wildman–Crippen LogP) is 3.58. The molecule has 1 aliphatic rings. The lowest BCUT2D eigenvalue weighted by Gasteiger charge is -2.39. The van der Waals surface area contributed by atoms with Gasteiger partial charge in [0.1, 0.15) is 5.82 Å². The van der Waals surface area contributed by atoms with Crippen LogP contribution in [0.1, 0.15) is 12.5 Å². The van der Waals surface area contributed by atoms with Crippen LogP contribution in [0.2, 0.25) is 0 Å². The molecule has 0 radical (unpaired) electrons. The van der Waals surface area contributed by atoms with E-state index in [2.05, 4.69) is 47.1 Å².